The fourth-order valence-corrected chi connectivity index (χ4v) is 4.82. The number of anilines is 2. The Bertz CT molecular complexity index is 1190. The van der Waals surface area contributed by atoms with Gasteiger partial charge in [-0.1, -0.05) is 34.3 Å². The minimum absolute atomic E-state index is 0.0722. The predicted molar refractivity (Wildman–Crippen MR) is 141 cm³/mol. The Labute approximate surface area is 208 Å². The van der Waals surface area contributed by atoms with Crippen molar-refractivity contribution >= 4 is 44.9 Å². The van der Waals surface area contributed by atoms with Gasteiger partial charge in [-0.15, -0.1) is 23.1 Å². The van der Waals surface area contributed by atoms with Crippen LogP contribution < -0.4 is 14.8 Å². The van der Waals surface area contributed by atoms with E-state index in [1.54, 1.807) is 12.3 Å². The summed E-state index contributed by atoms with van der Waals surface area (Å²) < 4.78 is 10.9. The summed E-state index contributed by atoms with van der Waals surface area (Å²) in [6.07, 6.45) is 4.35. The van der Waals surface area contributed by atoms with Crippen LogP contribution in [0.2, 0.25) is 0 Å². The summed E-state index contributed by atoms with van der Waals surface area (Å²) in [5.74, 6) is 1.03. The number of thioether (sulfide) groups is 1. The molecule has 0 radical (unpaired) electrons. The molecule has 0 saturated heterocycles. The van der Waals surface area contributed by atoms with E-state index in [-0.39, 0.29) is 18.2 Å². The lowest BCUT2D eigenvalue weighted by molar-refractivity contribution is 0.0697. The molecular formula is C25H29N3O4S2. The Morgan fingerprint density at radius 1 is 1.26 bits per heavy atom. The van der Waals surface area contributed by atoms with Gasteiger partial charge in [0.15, 0.2) is 16.6 Å². The van der Waals surface area contributed by atoms with Crippen molar-refractivity contribution in [3.63, 3.8) is 0 Å². The fourth-order valence-electron chi connectivity index (χ4n) is 3.28. The number of carboxylic acids is 1. The number of benzene rings is 1. The molecule has 1 aliphatic heterocycles. The number of hydrogen-bond donors (Lipinski definition) is 2. The van der Waals surface area contributed by atoms with Crippen LogP contribution in [0.3, 0.4) is 0 Å². The van der Waals surface area contributed by atoms with Crippen LogP contribution in [0.15, 0.2) is 37.0 Å². The van der Waals surface area contributed by atoms with Crippen molar-refractivity contribution in [3.05, 3.63) is 53.0 Å². The molecule has 2 aromatic heterocycles. The van der Waals surface area contributed by atoms with Crippen molar-refractivity contribution in [3.8, 4) is 22.8 Å². The second-order valence-corrected chi connectivity index (χ2v) is 9.62. The van der Waals surface area contributed by atoms with E-state index in [1.165, 1.54) is 23.1 Å². The summed E-state index contributed by atoms with van der Waals surface area (Å²) in [4.78, 5) is 22.9. The van der Waals surface area contributed by atoms with Crippen LogP contribution in [0.5, 0.6) is 11.5 Å². The first kappa shape index (κ1) is 25.6. The minimum Gasteiger partial charge on any atom is -0.478 e. The normalized spacial score (nSPS) is 11.7. The van der Waals surface area contributed by atoms with Gasteiger partial charge in [-0.05, 0) is 42.9 Å². The highest BCUT2D eigenvalue weighted by molar-refractivity contribution is 8.07. The topological polar surface area (TPSA) is 93.6 Å². The molecule has 0 bridgehead atoms. The number of nitrogens with one attached hydrogen (secondary N) is 1. The van der Waals surface area contributed by atoms with E-state index >= 15 is 0 Å². The number of carboxylic acid groups (broad SMARTS) is 1. The number of rotatable bonds is 8. The van der Waals surface area contributed by atoms with E-state index in [0.29, 0.717) is 22.4 Å². The molecule has 3 aromatic rings. The summed E-state index contributed by atoms with van der Waals surface area (Å²) in [6, 6.07) is 7.34. The number of hydrogen-bond acceptors (Lipinski definition) is 8. The molecule has 0 aliphatic carbocycles. The largest absolute Gasteiger partial charge is 0.478 e. The Morgan fingerprint density at radius 3 is 2.68 bits per heavy atom. The average Bonchev–Trinajstić information content (AvgIpc) is 3.45. The summed E-state index contributed by atoms with van der Waals surface area (Å²) in [6.45, 7) is 12.5. The summed E-state index contributed by atoms with van der Waals surface area (Å²) in [7, 11) is 0. The third-order valence-corrected chi connectivity index (χ3v) is 6.57. The van der Waals surface area contributed by atoms with Gasteiger partial charge in [-0.25, -0.2) is 14.8 Å². The molecule has 3 heterocycles. The lowest BCUT2D eigenvalue weighted by atomic mass is 10.0. The van der Waals surface area contributed by atoms with Gasteiger partial charge in [0.2, 0.25) is 6.79 Å². The highest BCUT2D eigenvalue weighted by atomic mass is 32.2. The van der Waals surface area contributed by atoms with Gasteiger partial charge < -0.3 is 19.9 Å². The van der Waals surface area contributed by atoms with Gasteiger partial charge in [0.05, 0.1) is 5.69 Å². The average molecular weight is 500 g/mol. The highest BCUT2D eigenvalue weighted by Crippen LogP contribution is 2.40. The van der Waals surface area contributed by atoms with Crippen molar-refractivity contribution in [2.75, 3.05) is 18.4 Å². The van der Waals surface area contributed by atoms with E-state index in [4.69, 9.17) is 14.5 Å². The third kappa shape index (κ3) is 5.71. The minimum atomic E-state index is -1.06. The van der Waals surface area contributed by atoms with Gasteiger partial charge in [0.25, 0.3) is 0 Å². The molecule has 180 valence electrons. The van der Waals surface area contributed by atoms with Crippen molar-refractivity contribution in [2.45, 2.75) is 34.1 Å². The first-order valence-electron chi connectivity index (χ1n) is 11.0. The maximum Gasteiger partial charge on any atom is 0.339 e. The van der Waals surface area contributed by atoms with Crippen LogP contribution in [0, 0.1) is 5.92 Å². The zero-order chi connectivity index (χ0) is 24.8. The number of ether oxygens (including phenoxy) is 2. The molecule has 2 N–H and O–H groups in total. The number of pyridine rings is 1. The van der Waals surface area contributed by atoms with Crippen molar-refractivity contribution in [1.29, 1.82) is 0 Å². The molecule has 34 heavy (non-hydrogen) atoms. The molecule has 0 atom stereocenters. The zero-order valence-corrected chi connectivity index (χ0v) is 21.6. The number of aromatic carboxylic acids is 1. The van der Waals surface area contributed by atoms with Crippen molar-refractivity contribution < 1.29 is 19.4 Å². The molecule has 0 fully saturated rings. The molecule has 0 saturated carbocycles. The lowest BCUT2D eigenvalue weighted by Crippen LogP contribution is -2.05. The first-order valence-corrected chi connectivity index (χ1v) is 13.0. The second kappa shape index (κ2) is 11.4. The summed E-state index contributed by atoms with van der Waals surface area (Å²) in [5, 5.41) is 13.4. The molecular weight excluding hydrogens is 470 g/mol. The monoisotopic (exact) mass is 499 g/mol. The van der Waals surface area contributed by atoms with E-state index in [2.05, 4.69) is 30.7 Å². The van der Waals surface area contributed by atoms with Gasteiger partial charge in [0.1, 0.15) is 11.4 Å². The fraction of sp³-hybridized carbons (Fsp3) is 0.320. The van der Waals surface area contributed by atoms with Crippen molar-refractivity contribution in [1.82, 2.24) is 9.97 Å². The number of aromatic nitrogens is 2. The van der Waals surface area contributed by atoms with E-state index in [9.17, 15) is 9.90 Å². The first-order chi connectivity index (χ1) is 16.4. The van der Waals surface area contributed by atoms with Crippen LogP contribution in [0.4, 0.5) is 10.9 Å². The molecule has 1 aromatic carbocycles. The zero-order valence-electron chi connectivity index (χ0n) is 20.0. The van der Waals surface area contributed by atoms with Crippen LogP contribution in [0.1, 0.15) is 48.5 Å². The number of nitrogens with zero attached hydrogens (tertiary/aromatic N) is 2. The molecule has 7 nitrogen and oxygen atoms in total. The highest BCUT2D eigenvalue weighted by Gasteiger charge is 2.21. The Morgan fingerprint density at radius 2 is 2.00 bits per heavy atom. The van der Waals surface area contributed by atoms with Crippen LogP contribution >= 0.6 is 23.1 Å². The van der Waals surface area contributed by atoms with Crippen molar-refractivity contribution in [2.24, 2.45) is 5.92 Å². The lowest BCUT2D eigenvalue weighted by Gasteiger charge is -2.09. The van der Waals surface area contributed by atoms with Gasteiger partial charge in [0, 0.05) is 27.1 Å². The maximum absolute atomic E-state index is 11.9. The molecule has 0 spiro atoms. The number of fused-ring (bicyclic) bond motifs is 1. The van der Waals surface area contributed by atoms with Crippen LogP contribution in [-0.2, 0) is 6.42 Å². The van der Waals surface area contributed by atoms with Gasteiger partial charge >= 0.3 is 5.97 Å². The summed E-state index contributed by atoms with van der Waals surface area (Å²) >= 11 is 2.95. The molecule has 0 unspecified atom stereocenters. The van der Waals surface area contributed by atoms with Crippen LogP contribution in [-0.4, -0.2) is 34.1 Å². The number of carbonyl (C=O) groups is 1. The third-order valence-electron chi connectivity index (χ3n) is 4.85. The second-order valence-electron chi connectivity index (χ2n) is 7.63. The molecule has 4 rings (SSSR count). The van der Waals surface area contributed by atoms with E-state index < -0.39 is 5.97 Å². The Kier molecular flexibility index (Phi) is 8.57. The Hall–Kier alpha value is -3.04. The smallest absolute Gasteiger partial charge is 0.339 e. The summed E-state index contributed by atoms with van der Waals surface area (Å²) in [5.41, 5.74) is 2.52. The Balaban J connectivity index is 0.00000158. The molecule has 1 aliphatic rings. The number of thiazole rings is 1. The van der Waals surface area contributed by atoms with E-state index in [0.717, 1.165) is 33.2 Å². The van der Waals surface area contributed by atoms with Gasteiger partial charge in [-0.3, -0.25) is 0 Å². The predicted octanol–water partition coefficient (Wildman–Crippen LogP) is 6.93. The quantitative estimate of drug-likeness (QED) is 0.344. The molecule has 9 heteroatoms. The van der Waals surface area contributed by atoms with E-state index in [1.807, 2.05) is 38.3 Å². The van der Waals surface area contributed by atoms with Crippen LogP contribution in [0.25, 0.3) is 16.2 Å². The maximum atomic E-state index is 11.9. The standard InChI is InChI=1S/C23H23N3O4S2.C2H6/c1-12(2)7-19-20(14-5-6-17-18(9-14)30-11-29-17)25-23(32-19)26-21-16(22(27)28)8-15(10-24-21)13(3)31-4;1-2/h5-6,8-10,12H,3,7,11H2,1-2,4H3,(H,27,28)(H,24,25,26);1-2H3. The molecule has 0 amide bonds. The SMILES string of the molecule is C=C(SC)c1cnc(Nc2nc(-c3ccc4c(c3)OCO4)c(CC(C)C)s2)c(C(=O)O)c1.CC. The van der Waals surface area contributed by atoms with Gasteiger partial charge in [-0.2, -0.15) is 0 Å².